The summed E-state index contributed by atoms with van der Waals surface area (Å²) in [4.78, 5) is 39.3. The maximum absolute atomic E-state index is 13.2. The number of anilines is 1. The minimum absolute atomic E-state index is 0.00734. The second kappa shape index (κ2) is 10.8. The summed E-state index contributed by atoms with van der Waals surface area (Å²) in [6, 6.07) is 7.29. The van der Waals surface area contributed by atoms with Crippen molar-refractivity contribution in [3.8, 4) is 0 Å². The molecule has 184 valence electrons. The number of carbonyl (C=O) groups excluding carboxylic acids is 2. The van der Waals surface area contributed by atoms with Crippen LogP contribution in [0.2, 0.25) is 0 Å². The molecule has 8 heteroatoms. The van der Waals surface area contributed by atoms with Crippen molar-refractivity contribution in [2.75, 3.05) is 32.0 Å². The fourth-order valence-electron chi connectivity index (χ4n) is 4.57. The molecule has 0 atom stereocenters. The number of hydrogen-bond donors (Lipinski definition) is 2. The summed E-state index contributed by atoms with van der Waals surface area (Å²) in [6.07, 6.45) is 6.55. The van der Waals surface area contributed by atoms with Crippen molar-refractivity contribution < 1.29 is 9.59 Å². The Kier molecular flexibility index (Phi) is 7.60. The van der Waals surface area contributed by atoms with Gasteiger partial charge in [-0.25, -0.2) is 4.99 Å². The van der Waals surface area contributed by atoms with Gasteiger partial charge in [-0.05, 0) is 49.7 Å². The van der Waals surface area contributed by atoms with Gasteiger partial charge in [0.05, 0.1) is 17.6 Å². The summed E-state index contributed by atoms with van der Waals surface area (Å²) in [5.74, 6) is 0.109. The lowest BCUT2D eigenvalue weighted by Crippen LogP contribution is -2.34. The number of carbonyl (C=O) groups is 2. The Hall–Kier alpha value is -3.52. The third kappa shape index (κ3) is 5.77. The van der Waals surface area contributed by atoms with Crippen molar-refractivity contribution in [2.24, 2.45) is 10.7 Å². The van der Waals surface area contributed by atoms with Crippen LogP contribution in [0.5, 0.6) is 0 Å². The Bertz CT molecular complexity index is 1180. The molecule has 4 rings (SSSR count). The van der Waals surface area contributed by atoms with Gasteiger partial charge in [0.15, 0.2) is 0 Å². The number of aliphatic imine (C=N–C) groups is 1. The number of nitrogens with one attached hydrogen (secondary N) is 1. The van der Waals surface area contributed by atoms with E-state index in [0.717, 1.165) is 49.2 Å². The molecule has 0 aliphatic carbocycles. The molecule has 2 aromatic rings. The van der Waals surface area contributed by atoms with Gasteiger partial charge < -0.3 is 20.9 Å². The van der Waals surface area contributed by atoms with Crippen LogP contribution in [0.4, 0.5) is 11.4 Å². The number of rotatable bonds is 7. The number of benzene rings is 1. The number of amidine groups is 1. The molecular weight excluding hydrogens is 440 g/mol. The van der Waals surface area contributed by atoms with E-state index in [1.807, 2.05) is 23.1 Å². The standard InChI is InChI=1S/C27H34N6O2/c1-4-9-33(10-5-2)27(35)20-12-18-6-7-19(14-24(18)31-25(28)15-20)26(34)30-22-13-21-17-32(3)11-8-23(21)29-16-22/h6-7,12-14,16H,4-5,8-11,15,17H2,1-3H3,(H2,28,31)(H,30,34). The molecule has 3 heterocycles. The first kappa shape index (κ1) is 24.6. The molecule has 1 aromatic heterocycles. The van der Waals surface area contributed by atoms with Crippen LogP contribution in [-0.2, 0) is 17.8 Å². The van der Waals surface area contributed by atoms with Crippen LogP contribution >= 0.6 is 0 Å². The first-order valence-corrected chi connectivity index (χ1v) is 12.3. The summed E-state index contributed by atoms with van der Waals surface area (Å²) in [5, 5.41) is 2.95. The van der Waals surface area contributed by atoms with Crippen LogP contribution in [0.1, 0.15) is 60.3 Å². The molecule has 0 unspecified atom stereocenters. The fourth-order valence-corrected chi connectivity index (χ4v) is 4.57. The summed E-state index contributed by atoms with van der Waals surface area (Å²) >= 11 is 0. The number of aromatic nitrogens is 1. The largest absolute Gasteiger partial charge is 0.387 e. The smallest absolute Gasteiger partial charge is 0.255 e. The van der Waals surface area contributed by atoms with E-state index in [9.17, 15) is 9.59 Å². The number of amides is 2. The predicted octanol–water partition coefficient (Wildman–Crippen LogP) is 3.75. The first-order valence-electron chi connectivity index (χ1n) is 12.3. The molecule has 0 saturated heterocycles. The van der Waals surface area contributed by atoms with Gasteiger partial charge in [-0.1, -0.05) is 19.9 Å². The quantitative estimate of drug-likeness (QED) is 0.636. The van der Waals surface area contributed by atoms with Gasteiger partial charge in [0.1, 0.15) is 5.84 Å². The van der Waals surface area contributed by atoms with Crippen LogP contribution in [0, 0.1) is 0 Å². The van der Waals surface area contributed by atoms with Gasteiger partial charge in [-0.15, -0.1) is 0 Å². The Labute approximate surface area is 206 Å². The van der Waals surface area contributed by atoms with Crippen molar-refractivity contribution in [3.05, 3.63) is 58.4 Å². The van der Waals surface area contributed by atoms with Crippen LogP contribution in [0.15, 0.2) is 41.0 Å². The molecule has 2 aliphatic heterocycles. The molecule has 0 radical (unpaired) electrons. The van der Waals surface area contributed by atoms with E-state index in [0.29, 0.717) is 41.4 Å². The second-order valence-corrected chi connectivity index (χ2v) is 9.29. The highest BCUT2D eigenvalue weighted by Crippen LogP contribution is 2.29. The molecule has 0 fully saturated rings. The summed E-state index contributed by atoms with van der Waals surface area (Å²) < 4.78 is 0. The SMILES string of the molecule is CCCN(CCC)C(=O)C1=Cc2ccc(C(=O)Nc3cnc4c(c3)CN(C)CC4)cc2N=C(N)C1. The molecule has 0 bridgehead atoms. The van der Waals surface area contributed by atoms with Crippen molar-refractivity contribution >= 4 is 35.1 Å². The predicted molar refractivity (Wildman–Crippen MR) is 140 cm³/mol. The van der Waals surface area contributed by atoms with Crippen molar-refractivity contribution in [2.45, 2.75) is 46.1 Å². The number of pyridine rings is 1. The maximum atomic E-state index is 13.2. The third-order valence-electron chi connectivity index (χ3n) is 6.30. The highest BCUT2D eigenvalue weighted by Gasteiger charge is 2.22. The first-order chi connectivity index (χ1) is 16.9. The average Bonchev–Trinajstić information content (AvgIpc) is 3.00. The number of likely N-dealkylation sites (N-methyl/N-ethyl adjacent to an activating group) is 1. The summed E-state index contributed by atoms with van der Waals surface area (Å²) in [5.41, 5.74) is 11.5. The summed E-state index contributed by atoms with van der Waals surface area (Å²) in [7, 11) is 2.08. The molecule has 2 amide bonds. The van der Waals surface area contributed by atoms with Crippen molar-refractivity contribution in [3.63, 3.8) is 0 Å². The van der Waals surface area contributed by atoms with Crippen LogP contribution in [0.25, 0.3) is 6.08 Å². The van der Waals surface area contributed by atoms with Crippen LogP contribution in [0.3, 0.4) is 0 Å². The van der Waals surface area contributed by atoms with E-state index in [-0.39, 0.29) is 18.2 Å². The fraction of sp³-hybridized carbons (Fsp3) is 0.407. The van der Waals surface area contributed by atoms with Gasteiger partial charge in [-0.3, -0.25) is 14.6 Å². The van der Waals surface area contributed by atoms with Gasteiger partial charge in [-0.2, -0.15) is 0 Å². The number of nitrogens with zero attached hydrogens (tertiary/aromatic N) is 4. The lowest BCUT2D eigenvalue weighted by molar-refractivity contribution is -0.127. The molecule has 35 heavy (non-hydrogen) atoms. The van der Waals surface area contributed by atoms with Crippen molar-refractivity contribution in [1.82, 2.24) is 14.8 Å². The zero-order valence-electron chi connectivity index (χ0n) is 20.8. The van der Waals surface area contributed by atoms with E-state index in [4.69, 9.17) is 5.73 Å². The maximum Gasteiger partial charge on any atom is 0.255 e. The number of nitrogens with two attached hydrogens (primary N) is 1. The zero-order valence-corrected chi connectivity index (χ0v) is 20.8. The Balaban J connectivity index is 1.55. The topological polar surface area (TPSA) is 104 Å². The zero-order chi connectivity index (χ0) is 24.9. The highest BCUT2D eigenvalue weighted by molar-refractivity contribution is 6.07. The normalized spacial score (nSPS) is 15.3. The van der Waals surface area contributed by atoms with Gasteiger partial charge in [0.2, 0.25) is 5.91 Å². The van der Waals surface area contributed by atoms with E-state index < -0.39 is 0 Å². The van der Waals surface area contributed by atoms with Crippen LogP contribution in [-0.4, -0.2) is 59.1 Å². The van der Waals surface area contributed by atoms with Gasteiger partial charge in [0, 0.05) is 61.4 Å². The minimum atomic E-state index is -0.242. The lowest BCUT2D eigenvalue weighted by Gasteiger charge is -2.24. The molecule has 1 aromatic carbocycles. The molecule has 3 N–H and O–H groups in total. The lowest BCUT2D eigenvalue weighted by atomic mass is 10.0. The molecular formula is C27H34N6O2. The van der Waals surface area contributed by atoms with Gasteiger partial charge >= 0.3 is 0 Å². The van der Waals surface area contributed by atoms with E-state index in [1.165, 1.54) is 0 Å². The second-order valence-electron chi connectivity index (χ2n) is 9.29. The van der Waals surface area contributed by atoms with Crippen molar-refractivity contribution in [1.29, 1.82) is 0 Å². The summed E-state index contributed by atoms with van der Waals surface area (Å²) in [6.45, 7) is 7.35. The minimum Gasteiger partial charge on any atom is -0.387 e. The van der Waals surface area contributed by atoms with Crippen LogP contribution < -0.4 is 11.1 Å². The number of hydrogen-bond acceptors (Lipinski definition) is 6. The molecule has 0 spiro atoms. The van der Waals surface area contributed by atoms with E-state index >= 15 is 0 Å². The Morgan fingerprint density at radius 3 is 2.69 bits per heavy atom. The highest BCUT2D eigenvalue weighted by atomic mass is 16.2. The number of fused-ring (bicyclic) bond motifs is 2. The average molecular weight is 475 g/mol. The van der Waals surface area contributed by atoms with E-state index in [2.05, 4.69) is 41.1 Å². The van der Waals surface area contributed by atoms with E-state index in [1.54, 1.807) is 18.3 Å². The monoisotopic (exact) mass is 474 g/mol. The molecule has 0 saturated carbocycles. The third-order valence-corrected chi connectivity index (χ3v) is 6.30. The molecule has 8 nitrogen and oxygen atoms in total. The Morgan fingerprint density at radius 1 is 1.17 bits per heavy atom. The van der Waals surface area contributed by atoms with Gasteiger partial charge in [0.25, 0.3) is 5.91 Å². The molecule has 2 aliphatic rings. The Morgan fingerprint density at radius 2 is 1.94 bits per heavy atom.